The minimum absolute atomic E-state index is 0.208. The lowest BCUT2D eigenvalue weighted by molar-refractivity contribution is 0.178. The van der Waals surface area contributed by atoms with Gasteiger partial charge in [0.15, 0.2) is 0 Å². The first-order valence-corrected chi connectivity index (χ1v) is 6.29. The summed E-state index contributed by atoms with van der Waals surface area (Å²) in [5.74, 6) is 0.934. The molecule has 5 heteroatoms. The molecule has 0 atom stereocenters. The molecule has 0 amide bonds. The molecule has 1 aliphatic rings. The second-order valence-electron chi connectivity index (χ2n) is 5.39. The topological polar surface area (TPSA) is 44.8 Å². The summed E-state index contributed by atoms with van der Waals surface area (Å²) in [6.45, 7) is 5.26. The van der Waals surface area contributed by atoms with Crippen molar-refractivity contribution >= 4 is 16.9 Å². The Bertz CT molecular complexity index is 571. The van der Waals surface area contributed by atoms with Crippen LogP contribution in [0.5, 0.6) is 0 Å². The fraction of sp³-hybridized carbons (Fsp3) is 0.538. The lowest BCUT2D eigenvalue weighted by atomic mass is 9.83. The second-order valence-corrected chi connectivity index (χ2v) is 5.39. The Morgan fingerprint density at radius 2 is 2.22 bits per heavy atom. The van der Waals surface area contributed by atoms with Crippen LogP contribution in [-0.4, -0.2) is 34.7 Å². The highest BCUT2D eigenvalue weighted by molar-refractivity contribution is 5.91. The molecule has 1 N–H and O–H groups in total. The molecule has 0 unspecified atom stereocenters. The molecule has 96 valence electrons. The Morgan fingerprint density at radius 3 is 2.89 bits per heavy atom. The number of fused-ring (bicyclic) bond motifs is 1. The molecule has 1 saturated heterocycles. The van der Waals surface area contributed by atoms with E-state index in [2.05, 4.69) is 26.8 Å². The largest absolute Gasteiger partial charge is 0.355 e. The van der Waals surface area contributed by atoms with Gasteiger partial charge >= 0.3 is 0 Å². The van der Waals surface area contributed by atoms with Crippen molar-refractivity contribution < 1.29 is 4.39 Å². The minimum Gasteiger partial charge on any atom is -0.355 e. The zero-order chi connectivity index (χ0) is 12.8. The Hall–Kier alpha value is -1.65. The molecule has 1 aliphatic heterocycles. The van der Waals surface area contributed by atoms with Gasteiger partial charge in [0.25, 0.3) is 0 Å². The van der Waals surface area contributed by atoms with Crippen molar-refractivity contribution in [2.75, 3.05) is 24.7 Å². The summed E-state index contributed by atoms with van der Waals surface area (Å²) in [6, 6.07) is 0. The molecule has 0 aromatic carbocycles. The summed E-state index contributed by atoms with van der Waals surface area (Å²) >= 11 is 0. The van der Waals surface area contributed by atoms with Gasteiger partial charge in [0, 0.05) is 24.7 Å². The predicted molar refractivity (Wildman–Crippen MR) is 69.6 cm³/mol. The standard InChI is InChI=1S/C13H17FN4/c1-3-9-4-15-11-10(9)12(17-8-16-11)18-6-13(2,5-14)7-18/h4,8H,3,5-7H2,1-2H3,(H,15,16,17). The second kappa shape index (κ2) is 3.93. The summed E-state index contributed by atoms with van der Waals surface area (Å²) < 4.78 is 12.8. The Morgan fingerprint density at radius 1 is 1.44 bits per heavy atom. The third-order valence-electron chi connectivity index (χ3n) is 3.68. The molecule has 1 fully saturated rings. The number of anilines is 1. The molecular weight excluding hydrogens is 231 g/mol. The van der Waals surface area contributed by atoms with E-state index in [1.807, 2.05) is 13.1 Å². The molecule has 2 aromatic rings. The smallest absolute Gasteiger partial charge is 0.143 e. The quantitative estimate of drug-likeness (QED) is 0.906. The minimum atomic E-state index is -0.272. The van der Waals surface area contributed by atoms with Crippen molar-refractivity contribution in [3.63, 3.8) is 0 Å². The van der Waals surface area contributed by atoms with Crippen LogP contribution in [0, 0.1) is 5.41 Å². The molecule has 0 bridgehead atoms. The van der Waals surface area contributed by atoms with Gasteiger partial charge in [0.1, 0.15) is 17.8 Å². The van der Waals surface area contributed by atoms with E-state index in [1.165, 1.54) is 5.56 Å². The highest BCUT2D eigenvalue weighted by Gasteiger charge is 2.40. The average Bonchev–Trinajstić information content (AvgIpc) is 2.78. The third-order valence-corrected chi connectivity index (χ3v) is 3.68. The van der Waals surface area contributed by atoms with E-state index >= 15 is 0 Å². The molecule has 0 aliphatic carbocycles. The zero-order valence-electron chi connectivity index (χ0n) is 10.7. The van der Waals surface area contributed by atoms with Crippen LogP contribution in [0.3, 0.4) is 0 Å². The van der Waals surface area contributed by atoms with Gasteiger partial charge in [-0.1, -0.05) is 13.8 Å². The normalized spacial score (nSPS) is 18.1. The molecule has 3 rings (SSSR count). The van der Waals surface area contributed by atoms with Crippen molar-refractivity contribution in [1.82, 2.24) is 15.0 Å². The Balaban J connectivity index is 2.00. The van der Waals surface area contributed by atoms with E-state index in [0.717, 1.165) is 36.4 Å². The van der Waals surface area contributed by atoms with Crippen molar-refractivity contribution in [1.29, 1.82) is 0 Å². The maximum atomic E-state index is 12.8. The number of aromatic nitrogens is 3. The van der Waals surface area contributed by atoms with Gasteiger partial charge in [-0.3, -0.25) is 4.39 Å². The van der Waals surface area contributed by atoms with Crippen LogP contribution in [0.25, 0.3) is 11.0 Å². The van der Waals surface area contributed by atoms with E-state index < -0.39 is 0 Å². The summed E-state index contributed by atoms with van der Waals surface area (Å²) in [5.41, 5.74) is 1.88. The maximum Gasteiger partial charge on any atom is 0.143 e. The molecule has 4 nitrogen and oxygen atoms in total. The zero-order valence-corrected chi connectivity index (χ0v) is 10.7. The number of H-pyrrole nitrogens is 1. The number of aryl methyl sites for hydroxylation is 1. The highest BCUT2D eigenvalue weighted by Crippen LogP contribution is 2.37. The Kier molecular flexibility index (Phi) is 2.50. The van der Waals surface area contributed by atoms with Gasteiger partial charge in [0.2, 0.25) is 0 Å². The van der Waals surface area contributed by atoms with Crippen LogP contribution in [-0.2, 0) is 6.42 Å². The number of nitrogens with zero attached hydrogens (tertiary/aromatic N) is 3. The van der Waals surface area contributed by atoms with Gasteiger partial charge < -0.3 is 9.88 Å². The highest BCUT2D eigenvalue weighted by atomic mass is 19.1. The van der Waals surface area contributed by atoms with E-state index in [1.54, 1.807) is 6.33 Å². The summed E-state index contributed by atoms with van der Waals surface area (Å²) in [7, 11) is 0. The molecule has 0 spiro atoms. The van der Waals surface area contributed by atoms with E-state index in [0.29, 0.717) is 0 Å². The van der Waals surface area contributed by atoms with E-state index in [4.69, 9.17) is 0 Å². The number of nitrogens with one attached hydrogen (secondary N) is 1. The SMILES string of the molecule is CCc1c[nH]c2ncnc(N3CC(C)(CF)C3)c12. The lowest BCUT2D eigenvalue weighted by Crippen LogP contribution is -2.56. The summed E-state index contributed by atoms with van der Waals surface area (Å²) in [6.07, 6.45) is 4.49. The first-order chi connectivity index (χ1) is 8.67. The molecular formula is C13H17FN4. The van der Waals surface area contributed by atoms with Crippen molar-refractivity contribution in [2.45, 2.75) is 20.3 Å². The predicted octanol–water partition coefficient (Wildman–Crippen LogP) is 2.32. The van der Waals surface area contributed by atoms with Crippen molar-refractivity contribution in [3.8, 4) is 0 Å². The van der Waals surface area contributed by atoms with Crippen LogP contribution in [0.2, 0.25) is 0 Å². The van der Waals surface area contributed by atoms with Crippen LogP contribution in [0.15, 0.2) is 12.5 Å². The van der Waals surface area contributed by atoms with E-state index in [-0.39, 0.29) is 12.1 Å². The number of halogens is 1. The molecule has 18 heavy (non-hydrogen) atoms. The fourth-order valence-corrected chi connectivity index (χ4v) is 2.64. The summed E-state index contributed by atoms with van der Waals surface area (Å²) in [5, 5.41) is 1.08. The fourth-order valence-electron chi connectivity index (χ4n) is 2.64. The number of aromatic amines is 1. The first-order valence-electron chi connectivity index (χ1n) is 6.29. The lowest BCUT2D eigenvalue weighted by Gasteiger charge is -2.47. The van der Waals surface area contributed by atoms with Gasteiger partial charge in [-0.25, -0.2) is 9.97 Å². The molecule has 3 heterocycles. The van der Waals surface area contributed by atoms with Gasteiger partial charge in [-0.05, 0) is 12.0 Å². The summed E-state index contributed by atoms with van der Waals surface area (Å²) in [4.78, 5) is 13.9. The van der Waals surface area contributed by atoms with Crippen LogP contribution >= 0.6 is 0 Å². The number of hydrogen-bond acceptors (Lipinski definition) is 3. The van der Waals surface area contributed by atoms with Crippen LogP contribution in [0.1, 0.15) is 19.4 Å². The van der Waals surface area contributed by atoms with E-state index in [9.17, 15) is 4.39 Å². The van der Waals surface area contributed by atoms with Crippen molar-refractivity contribution in [3.05, 3.63) is 18.1 Å². The number of alkyl halides is 1. The van der Waals surface area contributed by atoms with Crippen molar-refractivity contribution in [2.24, 2.45) is 5.41 Å². The molecule has 0 radical (unpaired) electrons. The Labute approximate surface area is 105 Å². The maximum absolute atomic E-state index is 12.8. The number of hydrogen-bond donors (Lipinski definition) is 1. The monoisotopic (exact) mass is 248 g/mol. The van der Waals surface area contributed by atoms with Gasteiger partial charge in [0.05, 0.1) is 12.1 Å². The van der Waals surface area contributed by atoms with Crippen LogP contribution < -0.4 is 4.90 Å². The van der Waals surface area contributed by atoms with Gasteiger partial charge in [-0.2, -0.15) is 0 Å². The first kappa shape index (κ1) is 11.4. The molecule has 0 saturated carbocycles. The molecule has 2 aromatic heterocycles. The third kappa shape index (κ3) is 1.57. The average molecular weight is 248 g/mol. The number of rotatable bonds is 3. The van der Waals surface area contributed by atoms with Crippen LogP contribution in [0.4, 0.5) is 10.2 Å². The van der Waals surface area contributed by atoms with Gasteiger partial charge in [-0.15, -0.1) is 0 Å².